The Morgan fingerprint density at radius 3 is 1.89 bits per heavy atom. The molecular weight excluding hydrogens is 398 g/mol. The molecule has 0 aromatic heterocycles. The van der Waals surface area contributed by atoms with Gasteiger partial charge in [-0.25, -0.2) is 0 Å². The van der Waals surface area contributed by atoms with Gasteiger partial charge in [-0.05, 0) is 64.2 Å². The van der Waals surface area contributed by atoms with Gasteiger partial charge >= 0.3 is 0 Å². The Hall–Kier alpha value is -1.79. The summed E-state index contributed by atoms with van der Waals surface area (Å²) in [7, 11) is 0. The summed E-state index contributed by atoms with van der Waals surface area (Å²) in [4.78, 5) is 0. The Kier molecular flexibility index (Phi) is 10.0. The van der Waals surface area contributed by atoms with Crippen LogP contribution < -0.4 is 4.74 Å². The number of benzene rings is 2. The summed E-state index contributed by atoms with van der Waals surface area (Å²) >= 11 is 3.64. The van der Waals surface area contributed by atoms with Gasteiger partial charge in [0.15, 0.2) is 5.01 Å². The molecular formula is C24H30BrNO. The second-order valence-corrected chi connectivity index (χ2v) is 8.03. The molecule has 0 saturated heterocycles. The molecule has 0 aliphatic carbocycles. The first-order valence-electron chi connectivity index (χ1n) is 10.1. The van der Waals surface area contributed by atoms with Crippen molar-refractivity contribution < 1.29 is 4.74 Å². The molecule has 1 unspecified atom stereocenters. The average Bonchev–Trinajstić information content (AvgIpc) is 2.70. The number of halogens is 1. The number of hydrogen-bond acceptors (Lipinski definition) is 2. The number of hydrogen-bond donors (Lipinski definition) is 0. The lowest BCUT2D eigenvalue weighted by Crippen LogP contribution is -2.07. The van der Waals surface area contributed by atoms with Crippen LogP contribution in [0, 0.1) is 11.3 Å². The smallest absolute Gasteiger partial charge is 0.153 e. The molecule has 3 heteroatoms. The summed E-state index contributed by atoms with van der Waals surface area (Å²) < 4.78 is 5.97. The number of rotatable bonds is 12. The minimum atomic E-state index is 0.0679. The molecule has 144 valence electrons. The Morgan fingerprint density at radius 1 is 0.815 bits per heavy atom. The van der Waals surface area contributed by atoms with Crippen LogP contribution in [-0.2, 0) is 0 Å². The Bertz CT molecular complexity index is 688. The van der Waals surface area contributed by atoms with E-state index in [2.05, 4.69) is 41.1 Å². The molecule has 0 aliphatic heterocycles. The van der Waals surface area contributed by atoms with Crippen LogP contribution in [-0.4, -0.2) is 5.01 Å². The first-order valence-corrected chi connectivity index (χ1v) is 11.1. The van der Waals surface area contributed by atoms with Crippen molar-refractivity contribution in [3.63, 3.8) is 0 Å². The van der Waals surface area contributed by atoms with Crippen molar-refractivity contribution in [2.24, 2.45) is 0 Å². The molecule has 0 spiro atoms. The van der Waals surface area contributed by atoms with Crippen molar-refractivity contribution in [1.29, 1.82) is 5.26 Å². The van der Waals surface area contributed by atoms with Crippen molar-refractivity contribution in [3.05, 3.63) is 54.1 Å². The van der Waals surface area contributed by atoms with E-state index in [9.17, 15) is 0 Å². The maximum atomic E-state index is 8.88. The van der Waals surface area contributed by atoms with Crippen LogP contribution in [0.1, 0.15) is 70.3 Å². The van der Waals surface area contributed by atoms with E-state index in [1.54, 1.807) is 0 Å². The van der Waals surface area contributed by atoms with Crippen LogP contribution in [0.15, 0.2) is 48.5 Å². The predicted octanol–water partition coefficient (Wildman–Crippen LogP) is 7.86. The summed E-state index contributed by atoms with van der Waals surface area (Å²) in [6.45, 7) is 2.26. The summed E-state index contributed by atoms with van der Waals surface area (Å²) in [5.41, 5.74) is 2.91. The van der Waals surface area contributed by atoms with E-state index in [0.717, 1.165) is 23.3 Å². The summed E-state index contributed by atoms with van der Waals surface area (Å²) in [6.07, 6.45) is 11.7. The summed E-state index contributed by atoms with van der Waals surface area (Å²) in [6, 6.07) is 17.9. The van der Waals surface area contributed by atoms with E-state index in [1.807, 2.05) is 36.4 Å². The van der Waals surface area contributed by atoms with E-state index in [-0.39, 0.29) is 5.01 Å². The monoisotopic (exact) mass is 427 g/mol. The van der Waals surface area contributed by atoms with Crippen molar-refractivity contribution in [2.75, 3.05) is 0 Å². The number of unbranched alkanes of at least 4 members (excludes halogenated alkanes) is 7. The molecule has 0 aliphatic rings. The zero-order valence-corrected chi connectivity index (χ0v) is 17.9. The lowest BCUT2D eigenvalue weighted by Gasteiger charge is -2.13. The first-order chi connectivity index (χ1) is 13.2. The van der Waals surface area contributed by atoms with Gasteiger partial charge in [0.25, 0.3) is 0 Å². The molecule has 2 aromatic carbocycles. The van der Waals surface area contributed by atoms with Crippen molar-refractivity contribution in [3.8, 4) is 22.9 Å². The lowest BCUT2D eigenvalue weighted by molar-refractivity contribution is 0.277. The zero-order valence-electron chi connectivity index (χ0n) is 16.3. The second-order valence-electron chi connectivity index (χ2n) is 7.00. The van der Waals surface area contributed by atoms with E-state index >= 15 is 0 Å². The van der Waals surface area contributed by atoms with Gasteiger partial charge in [0.05, 0.1) is 11.6 Å². The van der Waals surface area contributed by atoms with Crippen LogP contribution in [0.4, 0.5) is 0 Å². The quantitative estimate of drug-likeness (QED) is 0.255. The highest BCUT2D eigenvalue weighted by Gasteiger charge is 2.06. The Balaban J connectivity index is 1.68. The fraction of sp³-hybridized carbons (Fsp3) is 0.458. The van der Waals surface area contributed by atoms with Gasteiger partial charge in [0.2, 0.25) is 0 Å². The summed E-state index contributed by atoms with van der Waals surface area (Å²) in [5, 5.41) is 8.95. The molecule has 1 atom stereocenters. The largest absolute Gasteiger partial charge is 0.479 e. The van der Waals surface area contributed by atoms with Crippen molar-refractivity contribution >= 4 is 15.9 Å². The fourth-order valence-corrected chi connectivity index (χ4v) is 3.65. The van der Waals surface area contributed by atoms with Gasteiger partial charge in [0.1, 0.15) is 5.75 Å². The van der Waals surface area contributed by atoms with Gasteiger partial charge in [0, 0.05) is 0 Å². The van der Waals surface area contributed by atoms with Gasteiger partial charge < -0.3 is 4.74 Å². The third-order valence-electron chi connectivity index (χ3n) is 4.75. The van der Waals surface area contributed by atoms with E-state index < -0.39 is 0 Å². The van der Waals surface area contributed by atoms with Gasteiger partial charge in [-0.15, -0.1) is 0 Å². The van der Waals surface area contributed by atoms with Crippen LogP contribution in [0.5, 0.6) is 5.75 Å². The molecule has 2 aromatic rings. The van der Waals surface area contributed by atoms with Crippen LogP contribution in [0.25, 0.3) is 11.1 Å². The van der Waals surface area contributed by atoms with E-state index in [0.29, 0.717) is 5.56 Å². The van der Waals surface area contributed by atoms with Crippen LogP contribution in [0.3, 0.4) is 0 Å². The maximum Gasteiger partial charge on any atom is 0.153 e. The molecule has 0 radical (unpaired) electrons. The summed E-state index contributed by atoms with van der Waals surface area (Å²) in [5.74, 6) is 0.883. The number of alkyl halides is 1. The zero-order chi connectivity index (χ0) is 19.3. The highest BCUT2D eigenvalue weighted by Crippen LogP contribution is 2.25. The van der Waals surface area contributed by atoms with Gasteiger partial charge in [-0.3, -0.25) is 0 Å². The van der Waals surface area contributed by atoms with Crippen LogP contribution >= 0.6 is 15.9 Å². The third kappa shape index (κ3) is 8.18. The van der Waals surface area contributed by atoms with Crippen molar-refractivity contribution in [1.82, 2.24) is 0 Å². The molecule has 27 heavy (non-hydrogen) atoms. The highest BCUT2D eigenvalue weighted by atomic mass is 79.9. The Morgan fingerprint density at radius 2 is 1.33 bits per heavy atom. The SMILES string of the molecule is CCCCCCCCCCC(Br)Oc1ccc(-c2ccc(C#N)cc2)cc1. The highest BCUT2D eigenvalue weighted by molar-refractivity contribution is 9.09. The third-order valence-corrected chi connectivity index (χ3v) is 5.39. The molecule has 0 saturated carbocycles. The normalized spacial score (nSPS) is 11.7. The predicted molar refractivity (Wildman–Crippen MR) is 117 cm³/mol. The standard InChI is InChI=1S/C24H30BrNO/c1-2-3-4-5-6-7-8-9-10-24(25)27-23-17-15-22(16-18-23)21-13-11-20(19-26)12-14-21/h11-18,24H,2-10H2,1H3. The minimum absolute atomic E-state index is 0.0679. The molecule has 0 amide bonds. The molecule has 0 fully saturated rings. The van der Waals surface area contributed by atoms with E-state index in [1.165, 1.54) is 51.4 Å². The molecule has 0 N–H and O–H groups in total. The van der Waals surface area contributed by atoms with Crippen molar-refractivity contribution in [2.45, 2.75) is 69.7 Å². The maximum absolute atomic E-state index is 8.88. The molecule has 2 rings (SSSR count). The lowest BCUT2D eigenvalue weighted by atomic mass is 10.0. The number of nitriles is 1. The fourth-order valence-electron chi connectivity index (χ4n) is 3.11. The van der Waals surface area contributed by atoms with E-state index in [4.69, 9.17) is 10.00 Å². The Labute approximate surface area is 172 Å². The topological polar surface area (TPSA) is 33.0 Å². The average molecular weight is 428 g/mol. The second kappa shape index (κ2) is 12.6. The van der Waals surface area contributed by atoms with Gasteiger partial charge in [-0.2, -0.15) is 5.26 Å². The number of nitrogens with zero attached hydrogens (tertiary/aromatic N) is 1. The first kappa shape index (κ1) is 21.5. The molecule has 0 bridgehead atoms. The number of ether oxygens (including phenoxy) is 1. The van der Waals surface area contributed by atoms with Crippen LogP contribution in [0.2, 0.25) is 0 Å². The van der Waals surface area contributed by atoms with Gasteiger partial charge in [-0.1, -0.05) is 76.1 Å². The minimum Gasteiger partial charge on any atom is -0.479 e. The molecule has 2 nitrogen and oxygen atoms in total. The molecule has 0 heterocycles.